The molecule has 154 valence electrons. The maximum atomic E-state index is 12.9. The Hall–Kier alpha value is -2.95. The second kappa shape index (κ2) is 8.19. The topological polar surface area (TPSA) is 80.5 Å². The molecule has 0 radical (unpaired) electrons. The van der Waals surface area contributed by atoms with Crippen LogP contribution in [0, 0.1) is 11.7 Å². The molecular weight excluding hydrogens is 405 g/mol. The monoisotopic (exact) mass is 424 g/mol. The van der Waals surface area contributed by atoms with Crippen LogP contribution in [-0.4, -0.2) is 37.0 Å². The molecule has 3 rings (SSSR count). The highest BCUT2D eigenvalue weighted by Gasteiger charge is 2.30. The minimum atomic E-state index is -4.45. The molecule has 2 N–H and O–H groups in total. The minimum absolute atomic E-state index is 0.231. The Bertz CT molecular complexity index is 1080. The molecule has 0 unspecified atom stereocenters. The first-order chi connectivity index (χ1) is 13.7. The highest BCUT2D eigenvalue weighted by molar-refractivity contribution is 7.71. The normalized spacial score (nSPS) is 11.6. The van der Waals surface area contributed by atoms with E-state index in [1.54, 1.807) is 6.92 Å². The first-order valence-corrected chi connectivity index (χ1v) is 9.27. The molecule has 7 nitrogen and oxygen atoms in total. The number of rotatable bonds is 6. The standard InChI is InChI=1S/C18H19F3N6OS/c1-3-26-15(24-25-17(26)29)7-8-22-16(28)14-10-23-27(11(14)2)13-6-4-5-12(9-13)18(19,20)21/h4-6,9-10H,3,7-8H2,1-2H3,(H,22,28)(H,25,29). The van der Waals surface area contributed by atoms with Crippen molar-refractivity contribution in [1.29, 1.82) is 0 Å². The van der Waals surface area contributed by atoms with Gasteiger partial charge < -0.3 is 9.88 Å². The van der Waals surface area contributed by atoms with Crippen LogP contribution in [0.25, 0.3) is 5.69 Å². The Labute approximate surface area is 169 Å². The van der Waals surface area contributed by atoms with Gasteiger partial charge in [0.15, 0.2) is 4.77 Å². The van der Waals surface area contributed by atoms with Gasteiger partial charge in [-0.1, -0.05) is 6.07 Å². The average molecular weight is 424 g/mol. The van der Waals surface area contributed by atoms with Crippen molar-refractivity contribution in [1.82, 2.24) is 29.9 Å². The molecule has 29 heavy (non-hydrogen) atoms. The summed E-state index contributed by atoms with van der Waals surface area (Å²) in [5.74, 6) is 0.368. The molecule has 3 aromatic rings. The predicted molar refractivity (Wildman–Crippen MR) is 102 cm³/mol. The molecule has 0 aliphatic rings. The summed E-state index contributed by atoms with van der Waals surface area (Å²) < 4.78 is 42.5. The molecule has 11 heteroatoms. The molecule has 0 atom stereocenters. The maximum Gasteiger partial charge on any atom is 0.416 e. The molecule has 0 bridgehead atoms. The molecule has 0 fully saturated rings. The number of hydrogen-bond acceptors (Lipinski definition) is 4. The number of nitrogens with one attached hydrogen (secondary N) is 2. The number of carbonyl (C=O) groups excluding carboxylic acids is 1. The SMILES string of the molecule is CCn1c(CCNC(=O)c2cnn(-c3cccc(C(F)(F)F)c3)c2C)n[nH]c1=S. The van der Waals surface area contributed by atoms with Crippen molar-refractivity contribution in [3.05, 3.63) is 57.9 Å². The predicted octanol–water partition coefficient (Wildman–Crippen LogP) is 3.45. The van der Waals surface area contributed by atoms with Crippen molar-refractivity contribution in [3.63, 3.8) is 0 Å². The fourth-order valence-corrected chi connectivity index (χ4v) is 3.24. The fraction of sp³-hybridized carbons (Fsp3) is 0.333. The Balaban J connectivity index is 1.72. The lowest BCUT2D eigenvalue weighted by atomic mass is 10.2. The molecule has 2 aromatic heterocycles. The number of hydrogen-bond donors (Lipinski definition) is 2. The number of nitrogens with zero attached hydrogens (tertiary/aromatic N) is 4. The lowest BCUT2D eigenvalue weighted by Crippen LogP contribution is -2.27. The van der Waals surface area contributed by atoms with Crippen LogP contribution in [0.2, 0.25) is 0 Å². The summed E-state index contributed by atoms with van der Waals surface area (Å²) in [5, 5.41) is 13.7. The van der Waals surface area contributed by atoms with Crippen LogP contribution in [-0.2, 0) is 19.1 Å². The fourth-order valence-electron chi connectivity index (χ4n) is 2.96. The summed E-state index contributed by atoms with van der Waals surface area (Å²) in [5.41, 5.74) is 0.185. The first kappa shape index (κ1) is 20.8. The number of H-pyrrole nitrogens is 1. The second-order valence-corrected chi connectivity index (χ2v) is 6.69. The van der Waals surface area contributed by atoms with E-state index in [1.165, 1.54) is 23.0 Å². The summed E-state index contributed by atoms with van der Waals surface area (Å²) in [6, 6.07) is 4.79. The van der Waals surface area contributed by atoms with Crippen molar-refractivity contribution in [3.8, 4) is 5.69 Å². The molecule has 0 spiro atoms. The minimum Gasteiger partial charge on any atom is -0.351 e. The van der Waals surface area contributed by atoms with Gasteiger partial charge in [-0.3, -0.25) is 9.89 Å². The molecule has 1 aromatic carbocycles. The number of benzene rings is 1. The van der Waals surface area contributed by atoms with Crippen molar-refractivity contribution >= 4 is 18.1 Å². The van der Waals surface area contributed by atoms with Crippen molar-refractivity contribution < 1.29 is 18.0 Å². The quantitative estimate of drug-likeness (QED) is 0.594. The molecule has 0 aliphatic carbocycles. The van der Waals surface area contributed by atoms with Gasteiger partial charge in [0, 0.05) is 19.5 Å². The summed E-state index contributed by atoms with van der Waals surface area (Å²) in [4.78, 5) is 12.5. The van der Waals surface area contributed by atoms with Gasteiger partial charge in [-0.05, 0) is 44.3 Å². The lowest BCUT2D eigenvalue weighted by Gasteiger charge is -2.10. The van der Waals surface area contributed by atoms with E-state index in [2.05, 4.69) is 20.6 Å². The van der Waals surface area contributed by atoms with Crippen LogP contribution in [0.1, 0.15) is 34.4 Å². The van der Waals surface area contributed by atoms with E-state index in [1.807, 2.05) is 11.5 Å². The molecular formula is C18H19F3N6OS. The Morgan fingerprint density at radius 2 is 2.10 bits per heavy atom. The van der Waals surface area contributed by atoms with E-state index in [0.29, 0.717) is 30.0 Å². The average Bonchev–Trinajstić information content (AvgIpc) is 3.23. The van der Waals surface area contributed by atoms with Gasteiger partial charge >= 0.3 is 6.18 Å². The number of aromatic amines is 1. The van der Waals surface area contributed by atoms with Crippen LogP contribution in [0.15, 0.2) is 30.5 Å². The summed E-state index contributed by atoms with van der Waals surface area (Å²) >= 11 is 5.13. The van der Waals surface area contributed by atoms with E-state index in [0.717, 1.165) is 18.0 Å². The summed E-state index contributed by atoms with van der Waals surface area (Å²) in [6.45, 7) is 4.57. The highest BCUT2D eigenvalue weighted by Crippen LogP contribution is 2.30. The Kier molecular flexibility index (Phi) is 5.87. The third-order valence-electron chi connectivity index (χ3n) is 4.46. The van der Waals surface area contributed by atoms with Crippen molar-refractivity contribution in [2.45, 2.75) is 33.0 Å². The molecule has 0 aliphatic heterocycles. The number of alkyl halides is 3. The van der Waals surface area contributed by atoms with Crippen molar-refractivity contribution in [2.75, 3.05) is 6.54 Å². The third-order valence-corrected chi connectivity index (χ3v) is 4.77. The van der Waals surface area contributed by atoms with E-state index >= 15 is 0 Å². The largest absolute Gasteiger partial charge is 0.416 e. The van der Waals surface area contributed by atoms with Crippen LogP contribution >= 0.6 is 12.2 Å². The zero-order valence-electron chi connectivity index (χ0n) is 15.7. The second-order valence-electron chi connectivity index (χ2n) is 6.30. The summed E-state index contributed by atoms with van der Waals surface area (Å²) in [7, 11) is 0. The lowest BCUT2D eigenvalue weighted by molar-refractivity contribution is -0.137. The van der Waals surface area contributed by atoms with Crippen LogP contribution < -0.4 is 5.32 Å². The van der Waals surface area contributed by atoms with Gasteiger partial charge in [0.2, 0.25) is 0 Å². The zero-order chi connectivity index (χ0) is 21.2. The van der Waals surface area contributed by atoms with Crippen LogP contribution in [0.3, 0.4) is 0 Å². The number of halogens is 3. The van der Waals surface area contributed by atoms with Gasteiger partial charge in [-0.25, -0.2) is 4.68 Å². The zero-order valence-corrected chi connectivity index (χ0v) is 16.6. The van der Waals surface area contributed by atoms with Crippen LogP contribution in [0.4, 0.5) is 13.2 Å². The maximum absolute atomic E-state index is 12.9. The number of aromatic nitrogens is 5. The van der Waals surface area contributed by atoms with Gasteiger partial charge in [-0.15, -0.1) is 0 Å². The van der Waals surface area contributed by atoms with Gasteiger partial charge in [0.05, 0.1) is 28.7 Å². The molecule has 2 heterocycles. The third kappa shape index (κ3) is 4.39. The Morgan fingerprint density at radius 3 is 2.79 bits per heavy atom. The van der Waals surface area contributed by atoms with E-state index < -0.39 is 11.7 Å². The molecule has 0 saturated heterocycles. The summed E-state index contributed by atoms with van der Waals surface area (Å²) in [6.07, 6.45) is -2.63. The van der Waals surface area contributed by atoms with Crippen molar-refractivity contribution in [2.24, 2.45) is 0 Å². The molecule has 0 saturated carbocycles. The smallest absolute Gasteiger partial charge is 0.351 e. The first-order valence-electron chi connectivity index (χ1n) is 8.87. The number of carbonyl (C=O) groups is 1. The van der Waals surface area contributed by atoms with Gasteiger partial charge in [0.1, 0.15) is 5.82 Å². The van der Waals surface area contributed by atoms with E-state index in [-0.39, 0.29) is 17.2 Å². The van der Waals surface area contributed by atoms with E-state index in [9.17, 15) is 18.0 Å². The van der Waals surface area contributed by atoms with Gasteiger partial charge in [0.25, 0.3) is 5.91 Å². The Morgan fingerprint density at radius 1 is 1.34 bits per heavy atom. The number of amides is 1. The van der Waals surface area contributed by atoms with Gasteiger partial charge in [-0.2, -0.15) is 23.4 Å². The van der Waals surface area contributed by atoms with E-state index in [4.69, 9.17) is 12.2 Å². The van der Waals surface area contributed by atoms with Crippen LogP contribution in [0.5, 0.6) is 0 Å². The molecule has 1 amide bonds. The highest BCUT2D eigenvalue weighted by atomic mass is 32.1.